The Bertz CT molecular complexity index is 278. The molecule has 1 saturated heterocycles. The molecule has 2 aliphatic rings. The Hall–Kier alpha value is -0.570. The zero-order chi connectivity index (χ0) is 13.7. The van der Waals surface area contributed by atoms with Gasteiger partial charge in [-0.05, 0) is 32.2 Å². The van der Waals surface area contributed by atoms with Gasteiger partial charge in [0.1, 0.15) is 0 Å². The van der Waals surface area contributed by atoms with E-state index in [0.29, 0.717) is 11.9 Å². The normalized spacial score (nSPS) is 24.4. The van der Waals surface area contributed by atoms with Gasteiger partial charge in [-0.2, -0.15) is 0 Å². The van der Waals surface area contributed by atoms with Crippen LogP contribution in [0.3, 0.4) is 0 Å². The molecule has 1 heterocycles. The van der Waals surface area contributed by atoms with E-state index in [0.717, 1.165) is 38.3 Å². The Kier molecular flexibility index (Phi) is 5.68. The molecule has 110 valence electrons. The molecule has 1 atom stereocenters. The highest BCUT2D eigenvalue weighted by Gasteiger charge is 2.27. The number of carbonyl (C=O) groups is 1. The van der Waals surface area contributed by atoms with Crippen LogP contribution in [0.1, 0.15) is 58.3 Å². The number of likely N-dealkylation sites (tertiary alicyclic amines) is 1. The van der Waals surface area contributed by atoms with Crippen LogP contribution in [0.2, 0.25) is 0 Å². The van der Waals surface area contributed by atoms with Crippen molar-refractivity contribution in [3.63, 3.8) is 0 Å². The van der Waals surface area contributed by atoms with E-state index in [-0.39, 0.29) is 5.92 Å². The quantitative estimate of drug-likeness (QED) is 0.848. The van der Waals surface area contributed by atoms with Gasteiger partial charge in [-0.25, -0.2) is 0 Å². The van der Waals surface area contributed by atoms with Crippen LogP contribution in [-0.2, 0) is 4.79 Å². The van der Waals surface area contributed by atoms with Gasteiger partial charge in [0.15, 0.2) is 0 Å². The smallest absolute Gasteiger partial charge is 0.225 e. The first-order valence-electron chi connectivity index (χ1n) is 8.16. The fraction of sp³-hybridized carbons (Fsp3) is 0.938. The van der Waals surface area contributed by atoms with E-state index in [2.05, 4.69) is 17.1 Å². The maximum atomic E-state index is 12.5. The number of hydrogen-bond donors (Lipinski definition) is 1. The van der Waals surface area contributed by atoms with Crippen LogP contribution < -0.4 is 5.32 Å². The first-order chi connectivity index (χ1) is 9.20. The average Bonchev–Trinajstić information content (AvgIpc) is 2.47. The van der Waals surface area contributed by atoms with Crippen LogP contribution in [0.5, 0.6) is 0 Å². The van der Waals surface area contributed by atoms with E-state index in [9.17, 15) is 4.79 Å². The van der Waals surface area contributed by atoms with E-state index in [1.165, 1.54) is 32.1 Å². The largest absolute Gasteiger partial charge is 0.342 e. The second kappa shape index (κ2) is 7.28. The first kappa shape index (κ1) is 14.8. The molecule has 0 spiro atoms. The van der Waals surface area contributed by atoms with Crippen LogP contribution in [0.4, 0.5) is 0 Å². The van der Waals surface area contributed by atoms with Crippen molar-refractivity contribution in [2.24, 2.45) is 11.8 Å². The zero-order valence-corrected chi connectivity index (χ0v) is 12.7. The molecule has 1 aliphatic carbocycles. The molecule has 1 amide bonds. The van der Waals surface area contributed by atoms with Gasteiger partial charge in [0.25, 0.3) is 0 Å². The second-order valence-electron chi connectivity index (χ2n) is 6.53. The highest BCUT2D eigenvalue weighted by molar-refractivity contribution is 5.78. The summed E-state index contributed by atoms with van der Waals surface area (Å²) in [5, 5.41) is 3.32. The van der Waals surface area contributed by atoms with Crippen molar-refractivity contribution in [2.45, 2.75) is 64.3 Å². The summed E-state index contributed by atoms with van der Waals surface area (Å²) < 4.78 is 0. The van der Waals surface area contributed by atoms with E-state index in [4.69, 9.17) is 0 Å². The summed E-state index contributed by atoms with van der Waals surface area (Å²) in [5.74, 6) is 1.44. The van der Waals surface area contributed by atoms with Crippen molar-refractivity contribution in [1.82, 2.24) is 10.2 Å². The summed E-state index contributed by atoms with van der Waals surface area (Å²) in [5.41, 5.74) is 0. The standard InChI is InChI=1S/C16H30N2O/c1-13(12-14-6-4-3-5-7-14)16(19)18-10-8-15(17-2)9-11-18/h13-15,17H,3-12H2,1-2H3. The Morgan fingerprint density at radius 2 is 1.79 bits per heavy atom. The predicted octanol–water partition coefficient (Wildman–Crippen LogP) is 2.80. The molecule has 0 aromatic heterocycles. The lowest BCUT2D eigenvalue weighted by Gasteiger charge is -2.34. The van der Waals surface area contributed by atoms with Crippen molar-refractivity contribution < 1.29 is 4.79 Å². The van der Waals surface area contributed by atoms with Gasteiger partial charge in [-0.3, -0.25) is 4.79 Å². The lowest BCUT2D eigenvalue weighted by molar-refractivity contribution is -0.136. The summed E-state index contributed by atoms with van der Waals surface area (Å²) in [6.07, 6.45) is 10.2. The number of hydrogen-bond acceptors (Lipinski definition) is 2. The van der Waals surface area contributed by atoms with Crippen molar-refractivity contribution in [2.75, 3.05) is 20.1 Å². The Labute approximate surface area is 118 Å². The number of carbonyl (C=O) groups excluding carboxylic acids is 1. The van der Waals surface area contributed by atoms with Crippen LogP contribution in [0, 0.1) is 11.8 Å². The highest BCUT2D eigenvalue weighted by Crippen LogP contribution is 2.29. The molecule has 2 rings (SSSR count). The fourth-order valence-electron chi connectivity index (χ4n) is 3.72. The molecule has 3 nitrogen and oxygen atoms in total. The van der Waals surface area contributed by atoms with Crippen molar-refractivity contribution in [3.8, 4) is 0 Å². The third-order valence-corrected chi connectivity index (χ3v) is 5.05. The minimum Gasteiger partial charge on any atom is -0.342 e. The van der Waals surface area contributed by atoms with Crippen LogP contribution in [0.25, 0.3) is 0 Å². The number of nitrogens with zero attached hydrogens (tertiary/aromatic N) is 1. The third-order valence-electron chi connectivity index (χ3n) is 5.05. The summed E-state index contributed by atoms with van der Waals surface area (Å²) in [7, 11) is 2.02. The molecular formula is C16H30N2O. The lowest BCUT2D eigenvalue weighted by Crippen LogP contribution is -2.45. The molecule has 0 aromatic rings. The van der Waals surface area contributed by atoms with E-state index < -0.39 is 0 Å². The molecule has 2 fully saturated rings. The van der Waals surface area contributed by atoms with Crippen LogP contribution in [-0.4, -0.2) is 37.0 Å². The third kappa shape index (κ3) is 4.20. The Balaban J connectivity index is 1.75. The molecule has 1 aliphatic heterocycles. The minimum absolute atomic E-state index is 0.231. The molecule has 3 heteroatoms. The van der Waals surface area contributed by atoms with Gasteiger partial charge in [0.05, 0.1) is 0 Å². The molecule has 1 N–H and O–H groups in total. The monoisotopic (exact) mass is 266 g/mol. The van der Waals surface area contributed by atoms with Gasteiger partial charge >= 0.3 is 0 Å². The second-order valence-corrected chi connectivity index (χ2v) is 6.53. The molecule has 1 saturated carbocycles. The maximum Gasteiger partial charge on any atom is 0.225 e. The van der Waals surface area contributed by atoms with Crippen LogP contribution >= 0.6 is 0 Å². The SMILES string of the molecule is CNC1CCN(C(=O)C(C)CC2CCCCC2)CC1. The summed E-state index contributed by atoms with van der Waals surface area (Å²) in [6, 6.07) is 0.609. The molecule has 0 radical (unpaired) electrons. The molecule has 19 heavy (non-hydrogen) atoms. The fourth-order valence-corrected chi connectivity index (χ4v) is 3.72. The first-order valence-corrected chi connectivity index (χ1v) is 8.16. The minimum atomic E-state index is 0.231. The topological polar surface area (TPSA) is 32.3 Å². The molecule has 1 unspecified atom stereocenters. The van der Waals surface area contributed by atoms with Gasteiger partial charge < -0.3 is 10.2 Å². The predicted molar refractivity (Wildman–Crippen MR) is 79.0 cm³/mol. The van der Waals surface area contributed by atoms with Gasteiger partial charge in [-0.15, -0.1) is 0 Å². The number of rotatable bonds is 4. The molecule has 0 aromatic carbocycles. The zero-order valence-electron chi connectivity index (χ0n) is 12.7. The summed E-state index contributed by atoms with van der Waals surface area (Å²) in [4.78, 5) is 14.6. The van der Waals surface area contributed by atoms with Crippen molar-refractivity contribution >= 4 is 5.91 Å². The maximum absolute atomic E-state index is 12.5. The number of piperidine rings is 1. The van der Waals surface area contributed by atoms with E-state index in [1.807, 2.05) is 7.05 Å². The van der Waals surface area contributed by atoms with Crippen molar-refractivity contribution in [1.29, 1.82) is 0 Å². The number of nitrogens with one attached hydrogen (secondary N) is 1. The highest BCUT2D eigenvalue weighted by atomic mass is 16.2. The Morgan fingerprint density at radius 1 is 1.16 bits per heavy atom. The number of amides is 1. The lowest BCUT2D eigenvalue weighted by atomic mass is 9.83. The average molecular weight is 266 g/mol. The molecular weight excluding hydrogens is 236 g/mol. The van der Waals surface area contributed by atoms with Crippen molar-refractivity contribution in [3.05, 3.63) is 0 Å². The Morgan fingerprint density at radius 3 is 2.37 bits per heavy atom. The van der Waals surface area contributed by atoms with Gasteiger partial charge in [0.2, 0.25) is 5.91 Å². The summed E-state index contributed by atoms with van der Waals surface area (Å²) in [6.45, 7) is 4.03. The summed E-state index contributed by atoms with van der Waals surface area (Å²) >= 11 is 0. The van der Waals surface area contributed by atoms with E-state index in [1.54, 1.807) is 0 Å². The molecule has 0 bridgehead atoms. The van der Waals surface area contributed by atoms with Gasteiger partial charge in [0, 0.05) is 25.0 Å². The van der Waals surface area contributed by atoms with Crippen LogP contribution in [0.15, 0.2) is 0 Å². The van der Waals surface area contributed by atoms with Gasteiger partial charge in [-0.1, -0.05) is 39.0 Å². The van der Waals surface area contributed by atoms with E-state index >= 15 is 0 Å².